The minimum absolute atomic E-state index is 0.262. The second-order valence-corrected chi connectivity index (χ2v) is 9.59. The highest BCUT2D eigenvalue weighted by atomic mass is 16.5. The van der Waals surface area contributed by atoms with Crippen LogP contribution < -0.4 is 5.32 Å². The quantitative estimate of drug-likeness (QED) is 0.549. The van der Waals surface area contributed by atoms with Crippen LogP contribution in [-0.2, 0) is 17.7 Å². The van der Waals surface area contributed by atoms with Crippen molar-refractivity contribution in [3.63, 3.8) is 0 Å². The lowest BCUT2D eigenvalue weighted by Gasteiger charge is -2.37. The first-order valence-corrected chi connectivity index (χ1v) is 11.3. The molecule has 162 valence electrons. The Morgan fingerprint density at radius 3 is 2.43 bits per heavy atom. The van der Waals surface area contributed by atoms with Gasteiger partial charge in [-0.05, 0) is 91.7 Å². The number of nitrogens with zero attached hydrogens (tertiary/aromatic N) is 1. The summed E-state index contributed by atoms with van der Waals surface area (Å²) < 4.78 is 5.20. The number of benzene rings is 1. The van der Waals surface area contributed by atoms with E-state index in [1.165, 1.54) is 36.8 Å². The number of pyridine rings is 1. The second-order valence-electron chi connectivity index (χ2n) is 9.59. The molecule has 1 aliphatic carbocycles. The lowest BCUT2D eigenvalue weighted by atomic mass is 9.69. The Labute approximate surface area is 181 Å². The number of aromatic nitrogens is 1. The van der Waals surface area contributed by atoms with E-state index >= 15 is 0 Å². The van der Waals surface area contributed by atoms with Gasteiger partial charge in [-0.3, -0.25) is 4.98 Å². The smallest absolute Gasteiger partial charge is 0.338 e. The first-order valence-electron chi connectivity index (χ1n) is 11.3. The van der Waals surface area contributed by atoms with Crippen LogP contribution >= 0.6 is 0 Å². The average Bonchev–Trinajstić information content (AvgIpc) is 2.73. The van der Waals surface area contributed by atoms with Crippen molar-refractivity contribution in [2.24, 2.45) is 17.3 Å². The monoisotopic (exact) mass is 408 g/mol. The summed E-state index contributed by atoms with van der Waals surface area (Å²) in [6.07, 6.45) is 9.86. The molecule has 0 radical (unpaired) electrons. The molecule has 30 heavy (non-hydrogen) atoms. The van der Waals surface area contributed by atoms with Crippen molar-refractivity contribution in [2.45, 2.75) is 66.3 Å². The van der Waals surface area contributed by atoms with Crippen molar-refractivity contribution in [1.29, 1.82) is 0 Å². The lowest BCUT2D eigenvalue weighted by Crippen LogP contribution is -2.26. The Morgan fingerprint density at radius 1 is 1.10 bits per heavy atom. The molecule has 0 atom stereocenters. The zero-order chi connectivity index (χ0) is 21.6. The number of carbonyl (C=O) groups is 1. The van der Waals surface area contributed by atoms with Crippen LogP contribution in [0.3, 0.4) is 0 Å². The molecule has 4 nitrogen and oxygen atoms in total. The molecule has 1 N–H and O–H groups in total. The molecule has 0 amide bonds. The number of nitrogens with one attached hydrogen (secondary N) is 1. The average molecular weight is 409 g/mol. The van der Waals surface area contributed by atoms with Crippen molar-refractivity contribution in [2.75, 3.05) is 11.9 Å². The van der Waals surface area contributed by atoms with E-state index in [4.69, 9.17) is 4.74 Å². The molecule has 1 heterocycles. The predicted octanol–water partition coefficient (Wildman–Crippen LogP) is 6.27. The van der Waals surface area contributed by atoms with Gasteiger partial charge in [0.05, 0.1) is 12.2 Å². The van der Waals surface area contributed by atoms with Crippen LogP contribution in [0.1, 0.15) is 74.9 Å². The van der Waals surface area contributed by atoms with E-state index in [1.54, 1.807) is 12.4 Å². The summed E-state index contributed by atoms with van der Waals surface area (Å²) in [5.74, 6) is 1.27. The summed E-state index contributed by atoms with van der Waals surface area (Å²) in [5, 5.41) is 3.55. The Balaban J connectivity index is 1.72. The number of hydrogen-bond donors (Lipinski definition) is 1. The van der Waals surface area contributed by atoms with Crippen LogP contribution in [0.5, 0.6) is 0 Å². The van der Waals surface area contributed by atoms with Crippen LogP contribution in [0.2, 0.25) is 0 Å². The fourth-order valence-corrected chi connectivity index (χ4v) is 4.50. The zero-order valence-corrected chi connectivity index (χ0v) is 18.9. The fraction of sp³-hybridized carbons (Fsp3) is 0.538. The maximum absolute atomic E-state index is 12.2. The third-order valence-corrected chi connectivity index (χ3v) is 6.43. The molecule has 0 saturated heterocycles. The molecule has 0 bridgehead atoms. The van der Waals surface area contributed by atoms with E-state index in [1.807, 2.05) is 31.2 Å². The van der Waals surface area contributed by atoms with Gasteiger partial charge in [-0.1, -0.05) is 26.8 Å². The first kappa shape index (κ1) is 22.3. The van der Waals surface area contributed by atoms with Crippen LogP contribution in [0.25, 0.3) is 0 Å². The number of anilines is 1. The molecule has 0 unspecified atom stereocenters. The molecule has 3 rings (SSSR count). The minimum Gasteiger partial charge on any atom is -0.462 e. The molecule has 0 aliphatic heterocycles. The molecule has 4 heteroatoms. The van der Waals surface area contributed by atoms with Gasteiger partial charge in [-0.25, -0.2) is 4.79 Å². The third kappa shape index (κ3) is 6.07. The topological polar surface area (TPSA) is 51.2 Å². The van der Waals surface area contributed by atoms with Gasteiger partial charge in [0.15, 0.2) is 0 Å². The number of ether oxygens (including phenoxy) is 1. The largest absolute Gasteiger partial charge is 0.462 e. The summed E-state index contributed by atoms with van der Waals surface area (Å²) in [4.78, 5) is 16.3. The van der Waals surface area contributed by atoms with Crippen LogP contribution in [0, 0.1) is 17.3 Å². The van der Waals surface area contributed by atoms with Crippen molar-refractivity contribution in [3.8, 4) is 0 Å². The highest BCUT2D eigenvalue weighted by molar-refractivity contribution is 5.90. The van der Waals surface area contributed by atoms with E-state index in [0.29, 0.717) is 30.0 Å². The molecular weight excluding hydrogens is 372 g/mol. The van der Waals surface area contributed by atoms with Crippen LogP contribution in [0.15, 0.2) is 42.7 Å². The van der Waals surface area contributed by atoms with Crippen molar-refractivity contribution >= 4 is 11.7 Å². The summed E-state index contributed by atoms with van der Waals surface area (Å²) in [6, 6.07) is 9.99. The maximum Gasteiger partial charge on any atom is 0.338 e. The predicted molar refractivity (Wildman–Crippen MR) is 123 cm³/mol. The summed E-state index contributed by atoms with van der Waals surface area (Å²) in [7, 11) is 0. The number of carbonyl (C=O) groups excluding carboxylic acids is 1. The van der Waals surface area contributed by atoms with Crippen molar-refractivity contribution in [1.82, 2.24) is 4.98 Å². The van der Waals surface area contributed by atoms with E-state index in [2.05, 4.69) is 37.1 Å². The highest BCUT2D eigenvalue weighted by Gasteiger charge is 2.30. The van der Waals surface area contributed by atoms with Crippen LogP contribution in [-0.4, -0.2) is 17.6 Å². The van der Waals surface area contributed by atoms with Gasteiger partial charge in [-0.2, -0.15) is 0 Å². The van der Waals surface area contributed by atoms with Gasteiger partial charge in [0.2, 0.25) is 0 Å². The maximum atomic E-state index is 12.2. The molecule has 1 aliphatic rings. The number of rotatable bonds is 7. The van der Waals surface area contributed by atoms with Gasteiger partial charge in [-0.15, -0.1) is 0 Å². The van der Waals surface area contributed by atoms with Gasteiger partial charge in [0.1, 0.15) is 0 Å². The lowest BCUT2D eigenvalue weighted by molar-refractivity contribution is 0.0526. The van der Waals surface area contributed by atoms with Crippen molar-refractivity contribution in [3.05, 3.63) is 59.4 Å². The summed E-state index contributed by atoms with van der Waals surface area (Å²) in [6.45, 7) is 10.0. The molecule has 1 aromatic heterocycles. The normalized spacial score (nSPS) is 19.3. The molecule has 1 aromatic carbocycles. The van der Waals surface area contributed by atoms with E-state index in [0.717, 1.165) is 18.0 Å². The van der Waals surface area contributed by atoms with E-state index in [9.17, 15) is 4.79 Å². The Morgan fingerprint density at radius 2 is 1.80 bits per heavy atom. The van der Waals surface area contributed by atoms with Gasteiger partial charge in [0, 0.05) is 24.6 Å². The summed E-state index contributed by atoms with van der Waals surface area (Å²) >= 11 is 0. The Hall–Kier alpha value is -2.36. The molecule has 0 spiro atoms. The Kier molecular flexibility index (Phi) is 7.52. The zero-order valence-electron chi connectivity index (χ0n) is 18.9. The minimum atomic E-state index is -0.262. The van der Waals surface area contributed by atoms with Gasteiger partial charge >= 0.3 is 5.97 Å². The highest BCUT2D eigenvalue weighted by Crippen LogP contribution is 2.41. The first-order chi connectivity index (χ1) is 14.4. The summed E-state index contributed by atoms with van der Waals surface area (Å²) in [5.41, 5.74) is 4.51. The molecule has 2 aromatic rings. The SMILES string of the molecule is CCOC(=O)c1ccc(CC2CCC(C(C)(C)C)CC2)c(NCc2ccncc2)c1. The fourth-order valence-electron chi connectivity index (χ4n) is 4.50. The second kappa shape index (κ2) is 10.1. The Bertz CT molecular complexity index is 819. The van der Waals surface area contributed by atoms with Crippen molar-refractivity contribution < 1.29 is 9.53 Å². The standard InChI is InChI=1S/C26H36N2O2/c1-5-30-25(29)22-9-8-21(16-19-6-10-23(11-7-19)26(2,3)4)24(17-22)28-18-20-12-14-27-15-13-20/h8-9,12-15,17,19,23,28H,5-7,10-11,16,18H2,1-4H3. The molecule has 1 saturated carbocycles. The van der Waals surface area contributed by atoms with Gasteiger partial charge in [0.25, 0.3) is 0 Å². The van der Waals surface area contributed by atoms with Gasteiger partial charge < -0.3 is 10.1 Å². The van der Waals surface area contributed by atoms with E-state index in [-0.39, 0.29) is 5.97 Å². The van der Waals surface area contributed by atoms with E-state index < -0.39 is 0 Å². The number of esters is 1. The van der Waals surface area contributed by atoms with Crippen LogP contribution in [0.4, 0.5) is 5.69 Å². The number of hydrogen-bond acceptors (Lipinski definition) is 4. The molecular formula is C26H36N2O2. The third-order valence-electron chi connectivity index (χ3n) is 6.43. The molecule has 1 fully saturated rings.